The molecule has 0 aromatic carbocycles. The summed E-state index contributed by atoms with van der Waals surface area (Å²) in [7, 11) is 1.81. The fourth-order valence-corrected chi connectivity index (χ4v) is 4.78. The number of rotatable bonds is 2. The first-order valence-electron chi connectivity index (χ1n) is 7.69. The van der Waals surface area contributed by atoms with E-state index < -0.39 is 0 Å². The molecule has 1 heterocycles. The van der Waals surface area contributed by atoms with E-state index in [-0.39, 0.29) is 11.7 Å². The summed E-state index contributed by atoms with van der Waals surface area (Å²) >= 11 is 1.69. The molecular weight excluding hydrogens is 270 g/mol. The number of nitrogens with zero attached hydrogens (tertiary/aromatic N) is 1. The van der Waals surface area contributed by atoms with Gasteiger partial charge in [-0.3, -0.25) is 0 Å². The van der Waals surface area contributed by atoms with Crippen molar-refractivity contribution in [1.29, 1.82) is 0 Å². The zero-order valence-corrected chi connectivity index (χ0v) is 13.6. The summed E-state index contributed by atoms with van der Waals surface area (Å²) in [6.07, 6.45) is 7.05. The molecule has 0 aliphatic heterocycles. The highest BCUT2D eigenvalue weighted by molar-refractivity contribution is 7.12. The van der Waals surface area contributed by atoms with Gasteiger partial charge in [0.15, 0.2) is 0 Å². The van der Waals surface area contributed by atoms with Gasteiger partial charge in [-0.15, -0.1) is 11.3 Å². The number of aliphatic hydroxyl groups excluding tert-OH is 1. The Balaban J connectivity index is 1.91. The van der Waals surface area contributed by atoms with Crippen LogP contribution in [-0.4, -0.2) is 17.2 Å². The molecule has 1 aromatic rings. The van der Waals surface area contributed by atoms with Crippen molar-refractivity contribution in [1.82, 2.24) is 4.98 Å². The Hall–Kier alpha value is -0.450. The highest BCUT2D eigenvalue weighted by atomic mass is 32.1. The maximum Gasteiger partial charge on any atom is 0.125 e. The summed E-state index contributed by atoms with van der Waals surface area (Å²) in [5.74, 6) is 0. The Morgan fingerprint density at radius 3 is 2.55 bits per heavy atom. The van der Waals surface area contributed by atoms with Crippen LogP contribution >= 0.6 is 11.3 Å². The van der Waals surface area contributed by atoms with Crippen molar-refractivity contribution < 1.29 is 9.84 Å². The van der Waals surface area contributed by atoms with Gasteiger partial charge in [-0.2, -0.15) is 0 Å². The minimum atomic E-state index is -0.307. The molecule has 2 aliphatic carbocycles. The molecule has 1 N–H and O–H groups in total. The number of methoxy groups -OCH3 is 1. The first-order chi connectivity index (χ1) is 9.46. The SMILES string of the molecule is COC1(c2nc3c(s2)C(O)CCC3)CCC(C)(C)CC1. The third-order valence-corrected chi connectivity index (χ3v) is 6.50. The standard InChI is InChI=1S/C16H25NO2S/c1-15(2)7-9-16(19-3,10-8-15)14-17-11-5-4-6-12(18)13(11)20-14/h12,18H,4-10H2,1-3H3. The van der Waals surface area contributed by atoms with Gasteiger partial charge in [0.05, 0.1) is 16.7 Å². The van der Waals surface area contributed by atoms with Crippen molar-refractivity contribution >= 4 is 11.3 Å². The summed E-state index contributed by atoms with van der Waals surface area (Å²) < 4.78 is 5.94. The largest absolute Gasteiger partial charge is 0.388 e. The second-order valence-corrected chi connectivity index (χ2v) is 8.13. The fraction of sp³-hybridized carbons (Fsp3) is 0.812. The van der Waals surface area contributed by atoms with Crippen molar-refractivity contribution in [2.75, 3.05) is 7.11 Å². The van der Waals surface area contributed by atoms with Gasteiger partial charge in [0.2, 0.25) is 0 Å². The van der Waals surface area contributed by atoms with E-state index in [0.717, 1.165) is 47.7 Å². The van der Waals surface area contributed by atoms with Crippen LogP contribution in [0.1, 0.15) is 74.1 Å². The molecule has 0 bridgehead atoms. The summed E-state index contributed by atoms with van der Waals surface area (Å²) in [4.78, 5) is 5.94. The van der Waals surface area contributed by atoms with Gasteiger partial charge in [0.25, 0.3) is 0 Å². The summed E-state index contributed by atoms with van der Waals surface area (Å²) in [5, 5.41) is 11.2. The average Bonchev–Trinajstić information content (AvgIpc) is 2.85. The molecule has 20 heavy (non-hydrogen) atoms. The average molecular weight is 295 g/mol. The molecule has 112 valence electrons. The monoisotopic (exact) mass is 295 g/mol. The molecule has 1 fully saturated rings. The lowest BCUT2D eigenvalue weighted by Gasteiger charge is -2.41. The quantitative estimate of drug-likeness (QED) is 0.898. The van der Waals surface area contributed by atoms with Crippen LogP contribution in [0.2, 0.25) is 0 Å². The van der Waals surface area contributed by atoms with Gasteiger partial charge in [-0.05, 0) is 50.4 Å². The molecule has 1 atom stereocenters. The van der Waals surface area contributed by atoms with E-state index in [1.165, 1.54) is 12.8 Å². The Labute approximate surface area is 125 Å². The fourth-order valence-electron chi connectivity index (χ4n) is 3.43. The smallest absolute Gasteiger partial charge is 0.125 e. The van der Waals surface area contributed by atoms with Crippen molar-refractivity contribution in [2.45, 2.75) is 70.5 Å². The van der Waals surface area contributed by atoms with E-state index in [2.05, 4.69) is 13.8 Å². The predicted octanol–water partition coefficient (Wildman–Crippen LogP) is 3.95. The first-order valence-corrected chi connectivity index (χ1v) is 8.51. The topological polar surface area (TPSA) is 42.4 Å². The van der Waals surface area contributed by atoms with Crippen LogP contribution in [-0.2, 0) is 16.8 Å². The Bertz CT molecular complexity index is 485. The summed E-state index contributed by atoms with van der Waals surface area (Å²) in [5.41, 5.74) is 1.32. The molecule has 0 radical (unpaired) electrons. The van der Waals surface area contributed by atoms with Crippen molar-refractivity contribution in [3.63, 3.8) is 0 Å². The van der Waals surface area contributed by atoms with Gasteiger partial charge in [0, 0.05) is 7.11 Å². The molecule has 4 heteroatoms. The molecule has 0 saturated heterocycles. The molecule has 1 unspecified atom stereocenters. The number of fused-ring (bicyclic) bond motifs is 1. The van der Waals surface area contributed by atoms with Crippen molar-refractivity contribution in [3.8, 4) is 0 Å². The molecule has 2 aliphatic rings. The van der Waals surface area contributed by atoms with E-state index in [0.29, 0.717) is 5.41 Å². The van der Waals surface area contributed by atoms with Crippen LogP contribution in [0.25, 0.3) is 0 Å². The lowest BCUT2D eigenvalue weighted by atomic mass is 9.71. The number of hydrogen-bond acceptors (Lipinski definition) is 4. The zero-order valence-electron chi connectivity index (χ0n) is 12.7. The maximum absolute atomic E-state index is 10.1. The minimum Gasteiger partial charge on any atom is -0.388 e. The number of hydrogen-bond donors (Lipinski definition) is 1. The summed E-state index contributed by atoms with van der Waals surface area (Å²) in [6.45, 7) is 4.67. The third kappa shape index (κ3) is 2.42. The molecular formula is C16H25NO2S. The van der Waals surface area contributed by atoms with Crippen LogP contribution in [0.4, 0.5) is 0 Å². The van der Waals surface area contributed by atoms with Gasteiger partial charge >= 0.3 is 0 Å². The lowest BCUT2D eigenvalue weighted by Crippen LogP contribution is -2.36. The van der Waals surface area contributed by atoms with E-state index in [4.69, 9.17) is 9.72 Å². The summed E-state index contributed by atoms with van der Waals surface area (Å²) in [6, 6.07) is 0. The van der Waals surface area contributed by atoms with E-state index in [1.807, 2.05) is 7.11 Å². The van der Waals surface area contributed by atoms with Crippen molar-refractivity contribution in [2.24, 2.45) is 5.41 Å². The number of aliphatic hydroxyl groups is 1. The number of thiazole rings is 1. The van der Waals surface area contributed by atoms with Crippen LogP contribution in [0.3, 0.4) is 0 Å². The first kappa shape index (κ1) is 14.5. The van der Waals surface area contributed by atoms with Gasteiger partial charge in [0.1, 0.15) is 10.6 Å². The Kier molecular flexibility index (Phi) is 3.68. The van der Waals surface area contributed by atoms with Crippen LogP contribution in [0, 0.1) is 5.41 Å². The molecule has 1 saturated carbocycles. The molecule has 1 aromatic heterocycles. The number of aryl methyl sites for hydroxylation is 1. The molecule has 0 amide bonds. The molecule has 3 rings (SSSR count). The maximum atomic E-state index is 10.1. The van der Waals surface area contributed by atoms with Crippen LogP contribution in [0.15, 0.2) is 0 Å². The number of ether oxygens (including phenoxy) is 1. The minimum absolute atomic E-state index is 0.211. The van der Waals surface area contributed by atoms with Gasteiger partial charge in [-0.1, -0.05) is 13.8 Å². The van der Waals surface area contributed by atoms with E-state index in [9.17, 15) is 5.11 Å². The van der Waals surface area contributed by atoms with Crippen LogP contribution in [0.5, 0.6) is 0 Å². The lowest BCUT2D eigenvalue weighted by molar-refractivity contribution is -0.0668. The van der Waals surface area contributed by atoms with E-state index >= 15 is 0 Å². The third-order valence-electron chi connectivity index (χ3n) is 5.11. The second kappa shape index (κ2) is 5.08. The van der Waals surface area contributed by atoms with Gasteiger partial charge in [-0.25, -0.2) is 4.98 Å². The molecule has 0 spiro atoms. The van der Waals surface area contributed by atoms with Gasteiger partial charge < -0.3 is 9.84 Å². The highest BCUT2D eigenvalue weighted by Gasteiger charge is 2.43. The highest BCUT2D eigenvalue weighted by Crippen LogP contribution is 2.49. The normalized spacial score (nSPS) is 28.1. The molecule has 3 nitrogen and oxygen atoms in total. The predicted molar refractivity (Wildman–Crippen MR) is 80.9 cm³/mol. The zero-order chi connectivity index (χ0) is 14.4. The Morgan fingerprint density at radius 1 is 1.25 bits per heavy atom. The second-order valence-electron chi connectivity index (χ2n) is 7.10. The Morgan fingerprint density at radius 2 is 1.95 bits per heavy atom. The van der Waals surface area contributed by atoms with Crippen LogP contribution < -0.4 is 0 Å². The van der Waals surface area contributed by atoms with Crippen molar-refractivity contribution in [3.05, 3.63) is 15.6 Å². The number of aromatic nitrogens is 1. The van der Waals surface area contributed by atoms with E-state index in [1.54, 1.807) is 11.3 Å².